The van der Waals surface area contributed by atoms with Gasteiger partial charge in [0, 0.05) is 18.7 Å². The third kappa shape index (κ3) is 4.25. The molecule has 0 aromatic heterocycles. The number of nitrogens with one attached hydrogen (secondary N) is 1. The highest BCUT2D eigenvalue weighted by atomic mass is 19.4. The number of carbonyl (C=O) groups is 1. The van der Waals surface area contributed by atoms with Crippen molar-refractivity contribution in [2.24, 2.45) is 0 Å². The van der Waals surface area contributed by atoms with Gasteiger partial charge >= 0.3 is 6.36 Å². The SMILES string of the molecule is O=C(Nc1c(F)cccc1N1CCCC1)c1ccc(OC(F)(F)F)cc1. The molecular weight excluding hydrogens is 352 g/mol. The summed E-state index contributed by atoms with van der Waals surface area (Å²) in [6.07, 6.45) is -2.82. The predicted octanol–water partition coefficient (Wildman–Crippen LogP) is 4.58. The molecule has 1 N–H and O–H groups in total. The van der Waals surface area contributed by atoms with Gasteiger partial charge < -0.3 is 15.0 Å². The van der Waals surface area contributed by atoms with E-state index in [1.165, 1.54) is 18.2 Å². The lowest BCUT2D eigenvalue weighted by Crippen LogP contribution is -2.22. The summed E-state index contributed by atoms with van der Waals surface area (Å²) < 4.78 is 54.5. The largest absolute Gasteiger partial charge is 0.573 e. The van der Waals surface area contributed by atoms with Crippen LogP contribution in [0.5, 0.6) is 5.75 Å². The van der Waals surface area contributed by atoms with E-state index in [1.807, 2.05) is 4.90 Å². The highest BCUT2D eigenvalue weighted by Gasteiger charge is 2.31. The molecule has 0 atom stereocenters. The Hall–Kier alpha value is -2.77. The molecule has 2 aromatic rings. The van der Waals surface area contributed by atoms with Gasteiger partial charge in [0.05, 0.1) is 5.69 Å². The number of amides is 1. The van der Waals surface area contributed by atoms with Gasteiger partial charge in [-0.3, -0.25) is 4.79 Å². The molecule has 1 aliphatic rings. The number of benzene rings is 2. The standard InChI is InChI=1S/C18H16F4N2O2/c19-14-4-3-5-15(24-10-1-2-11-24)16(14)23-17(25)12-6-8-13(9-7-12)26-18(20,21)22/h3-9H,1-2,10-11H2,(H,23,25). The first-order valence-corrected chi connectivity index (χ1v) is 8.04. The Morgan fingerprint density at radius 1 is 1.04 bits per heavy atom. The van der Waals surface area contributed by atoms with E-state index >= 15 is 0 Å². The van der Waals surface area contributed by atoms with Crippen LogP contribution in [0.4, 0.5) is 28.9 Å². The van der Waals surface area contributed by atoms with E-state index in [0.717, 1.165) is 38.1 Å². The fourth-order valence-electron chi connectivity index (χ4n) is 2.85. The Morgan fingerprint density at radius 2 is 1.69 bits per heavy atom. The van der Waals surface area contributed by atoms with Gasteiger partial charge in [0.2, 0.25) is 0 Å². The molecule has 4 nitrogen and oxygen atoms in total. The smallest absolute Gasteiger partial charge is 0.406 e. The van der Waals surface area contributed by atoms with Gasteiger partial charge in [-0.2, -0.15) is 0 Å². The second-order valence-electron chi connectivity index (χ2n) is 5.85. The maximum Gasteiger partial charge on any atom is 0.573 e. The van der Waals surface area contributed by atoms with Crippen LogP contribution in [-0.4, -0.2) is 25.4 Å². The van der Waals surface area contributed by atoms with Crippen molar-refractivity contribution in [1.29, 1.82) is 0 Å². The molecule has 1 fully saturated rings. The van der Waals surface area contributed by atoms with E-state index in [1.54, 1.807) is 12.1 Å². The monoisotopic (exact) mass is 368 g/mol. The summed E-state index contributed by atoms with van der Waals surface area (Å²) >= 11 is 0. The van der Waals surface area contributed by atoms with Gasteiger partial charge in [0.25, 0.3) is 5.91 Å². The maximum absolute atomic E-state index is 14.2. The summed E-state index contributed by atoms with van der Waals surface area (Å²) in [4.78, 5) is 14.4. The van der Waals surface area contributed by atoms with Crippen molar-refractivity contribution in [2.75, 3.05) is 23.3 Å². The fourth-order valence-corrected chi connectivity index (χ4v) is 2.85. The van der Waals surface area contributed by atoms with Crippen molar-refractivity contribution in [3.05, 3.63) is 53.8 Å². The minimum atomic E-state index is -4.80. The van der Waals surface area contributed by atoms with E-state index in [0.29, 0.717) is 5.69 Å². The molecule has 0 bridgehead atoms. The topological polar surface area (TPSA) is 41.6 Å². The third-order valence-electron chi connectivity index (χ3n) is 4.03. The molecular formula is C18H16F4N2O2. The Balaban J connectivity index is 1.78. The average molecular weight is 368 g/mol. The number of carbonyl (C=O) groups excluding carboxylic acids is 1. The minimum Gasteiger partial charge on any atom is -0.406 e. The second kappa shape index (κ2) is 7.23. The van der Waals surface area contributed by atoms with Crippen LogP contribution in [0.25, 0.3) is 0 Å². The van der Waals surface area contributed by atoms with E-state index in [2.05, 4.69) is 10.1 Å². The van der Waals surface area contributed by atoms with Crippen molar-refractivity contribution in [2.45, 2.75) is 19.2 Å². The third-order valence-corrected chi connectivity index (χ3v) is 4.03. The molecule has 0 spiro atoms. The molecule has 26 heavy (non-hydrogen) atoms. The van der Waals surface area contributed by atoms with Crippen LogP contribution in [0.1, 0.15) is 23.2 Å². The number of rotatable bonds is 4. The summed E-state index contributed by atoms with van der Waals surface area (Å²) in [5.41, 5.74) is 0.748. The summed E-state index contributed by atoms with van der Waals surface area (Å²) in [5, 5.41) is 2.52. The lowest BCUT2D eigenvalue weighted by molar-refractivity contribution is -0.274. The normalized spacial score (nSPS) is 14.4. The molecule has 0 aliphatic carbocycles. The zero-order valence-electron chi connectivity index (χ0n) is 13.6. The Morgan fingerprint density at radius 3 is 2.31 bits per heavy atom. The van der Waals surface area contributed by atoms with Crippen LogP contribution >= 0.6 is 0 Å². The molecule has 1 saturated heterocycles. The van der Waals surface area contributed by atoms with Gasteiger partial charge in [-0.05, 0) is 49.2 Å². The van der Waals surface area contributed by atoms with Gasteiger partial charge in [-0.25, -0.2) is 4.39 Å². The lowest BCUT2D eigenvalue weighted by atomic mass is 10.2. The van der Waals surface area contributed by atoms with E-state index in [-0.39, 0.29) is 11.3 Å². The van der Waals surface area contributed by atoms with Gasteiger partial charge in [0.15, 0.2) is 0 Å². The van der Waals surface area contributed by atoms with Crippen molar-refractivity contribution in [3.8, 4) is 5.75 Å². The fraction of sp³-hybridized carbons (Fsp3) is 0.278. The number of hydrogen-bond donors (Lipinski definition) is 1. The van der Waals surface area contributed by atoms with Gasteiger partial charge in [0.1, 0.15) is 17.3 Å². The number of alkyl halides is 3. The highest BCUT2D eigenvalue weighted by Crippen LogP contribution is 2.31. The second-order valence-corrected chi connectivity index (χ2v) is 5.85. The molecule has 8 heteroatoms. The first-order chi connectivity index (χ1) is 12.3. The summed E-state index contributed by atoms with van der Waals surface area (Å²) in [6, 6.07) is 8.98. The molecule has 3 rings (SSSR count). The van der Waals surface area contributed by atoms with Crippen LogP contribution in [-0.2, 0) is 0 Å². The van der Waals surface area contributed by atoms with Gasteiger partial charge in [-0.15, -0.1) is 13.2 Å². The van der Waals surface area contributed by atoms with E-state index in [9.17, 15) is 22.4 Å². The average Bonchev–Trinajstić information content (AvgIpc) is 3.10. The molecule has 2 aromatic carbocycles. The molecule has 0 unspecified atom stereocenters. The number of ether oxygens (including phenoxy) is 1. The molecule has 1 heterocycles. The van der Waals surface area contributed by atoms with Crippen molar-refractivity contribution in [3.63, 3.8) is 0 Å². The minimum absolute atomic E-state index is 0.0648. The van der Waals surface area contributed by atoms with Gasteiger partial charge in [-0.1, -0.05) is 6.07 Å². The number of para-hydroxylation sites is 1. The predicted molar refractivity (Wildman–Crippen MR) is 88.9 cm³/mol. The van der Waals surface area contributed by atoms with E-state index < -0.39 is 23.8 Å². The molecule has 0 radical (unpaired) electrons. The van der Waals surface area contributed by atoms with Crippen LogP contribution in [0, 0.1) is 5.82 Å². The number of nitrogens with zero attached hydrogens (tertiary/aromatic N) is 1. The number of halogens is 4. The lowest BCUT2D eigenvalue weighted by Gasteiger charge is -2.22. The molecule has 0 saturated carbocycles. The van der Waals surface area contributed by atoms with Crippen molar-refractivity contribution >= 4 is 17.3 Å². The van der Waals surface area contributed by atoms with Crippen molar-refractivity contribution < 1.29 is 27.1 Å². The number of hydrogen-bond acceptors (Lipinski definition) is 3. The highest BCUT2D eigenvalue weighted by molar-refractivity contribution is 6.06. The Kier molecular flexibility index (Phi) is 5.01. The van der Waals surface area contributed by atoms with Crippen LogP contribution < -0.4 is 15.0 Å². The zero-order chi connectivity index (χ0) is 18.7. The summed E-state index contributed by atoms with van der Waals surface area (Å²) in [5.74, 6) is -1.62. The first kappa shape index (κ1) is 18.0. The van der Waals surface area contributed by atoms with Crippen LogP contribution in [0.15, 0.2) is 42.5 Å². The number of anilines is 2. The first-order valence-electron chi connectivity index (χ1n) is 8.04. The Bertz CT molecular complexity index is 785. The maximum atomic E-state index is 14.2. The summed E-state index contributed by atoms with van der Waals surface area (Å²) in [7, 11) is 0. The van der Waals surface area contributed by atoms with E-state index in [4.69, 9.17) is 0 Å². The molecule has 1 aliphatic heterocycles. The zero-order valence-corrected chi connectivity index (χ0v) is 13.6. The molecule has 1 amide bonds. The molecule has 138 valence electrons. The quantitative estimate of drug-likeness (QED) is 0.804. The Labute approximate surface area is 147 Å². The van der Waals surface area contributed by atoms with Crippen molar-refractivity contribution in [1.82, 2.24) is 0 Å². The van der Waals surface area contributed by atoms with Crippen LogP contribution in [0.3, 0.4) is 0 Å². The van der Waals surface area contributed by atoms with Crippen LogP contribution in [0.2, 0.25) is 0 Å². The summed E-state index contributed by atoms with van der Waals surface area (Å²) in [6.45, 7) is 1.55.